The smallest absolute Gasteiger partial charge is 0.377 e. The number of fused-ring (bicyclic) bond motifs is 1. The Kier molecular flexibility index (Phi) is 8.56. The summed E-state index contributed by atoms with van der Waals surface area (Å²) >= 11 is 0. The lowest BCUT2D eigenvalue weighted by molar-refractivity contribution is -0.140. The van der Waals surface area contributed by atoms with E-state index in [1.807, 2.05) is 54.1 Å². The third-order valence-corrected chi connectivity index (χ3v) is 7.62. The van der Waals surface area contributed by atoms with Gasteiger partial charge in [-0.25, -0.2) is 9.97 Å². The molecule has 0 bridgehead atoms. The van der Waals surface area contributed by atoms with Crippen molar-refractivity contribution in [2.24, 2.45) is 0 Å². The molecule has 1 atom stereocenters. The summed E-state index contributed by atoms with van der Waals surface area (Å²) in [7, 11) is 1.57. The summed E-state index contributed by atoms with van der Waals surface area (Å²) in [5.41, 5.74) is 2.82. The summed E-state index contributed by atoms with van der Waals surface area (Å²) < 4.78 is 43.4. The Morgan fingerprint density at radius 1 is 1.09 bits per heavy atom. The van der Waals surface area contributed by atoms with Gasteiger partial charge in [-0.15, -0.1) is 0 Å². The van der Waals surface area contributed by atoms with Gasteiger partial charge in [0, 0.05) is 50.5 Å². The molecule has 226 valence electrons. The highest BCUT2D eigenvalue weighted by Gasteiger charge is 2.36. The number of hydrogen-bond acceptors (Lipinski definition) is 7. The average Bonchev–Trinajstić information content (AvgIpc) is 3.40. The van der Waals surface area contributed by atoms with Gasteiger partial charge in [0.25, 0.3) is 5.91 Å². The van der Waals surface area contributed by atoms with Crippen LogP contribution in [0.4, 0.5) is 24.7 Å². The van der Waals surface area contributed by atoms with E-state index in [2.05, 4.69) is 35.5 Å². The van der Waals surface area contributed by atoms with Crippen LogP contribution in [0.3, 0.4) is 0 Å². The molecule has 1 aliphatic heterocycles. The van der Waals surface area contributed by atoms with Crippen molar-refractivity contribution < 1.29 is 18.0 Å². The molecule has 3 aromatic rings. The lowest BCUT2D eigenvalue weighted by Crippen LogP contribution is -2.44. The fourth-order valence-electron chi connectivity index (χ4n) is 5.38. The topological polar surface area (TPSA) is 90.7 Å². The normalized spacial score (nSPS) is 17.2. The van der Waals surface area contributed by atoms with Gasteiger partial charge >= 0.3 is 6.18 Å². The van der Waals surface area contributed by atoms with E-state index in [-0.39, 0.29) is 17.3 Å². The van der Waals surface area contributed by atoms with Gasteiger partial charge in [0.05, 0.1) is 5.69 Å². The van der Waals surface area contributed by atoms with Gasteiger partial charge < -0.3 is 20.4 Å². The molecule has 0 saturated carbocycles. The number of aryl methyl sites for hydroxylation is 1. The molecule has 43 heavy (non-hydrogen) atoms. The van der Waals surface area contributed by atoms with Crippen molar-refractivity contribution in [1.82, 2.24) is 29.8 Å². The van der Waals surface area contributed by atoms with Crippen LogP contribution in [0.5, 0.6) is 0 Å². The van der Waals surface area contributed by atoms with Crippen molar-refractivity contribution >= 4 is 23.1 Å². The number of nitrogens with one attached hydrogen (secondary N) is 2. The molecular weight excluding hydrogens is 557 g/mol. The number of halogens is 3. The highest BCUT2D eigenvalue weighted by molar-refractivity contribution is 5.99. The standard InChI is InChI=1S/C31H35F3N8O/c1-20-8-10-24(30(43)35-4)23(25(18-20)22(3)39-26-11-9-21(2)38-29(26)31(32,33)34)12-13-40-14-16-41(17-15-40)28-7-5-6-27-36-19-37-42(27)28/h5-7,9-13,18-19,22,39H,8,14-17H2,1-4H3,(H,35,43)/b13-12+. The van der Waals surface area contributed by atoms with Crippen LogP contribution in [0.1, 0.15) is 31.7 Å². The summed E-state index contributed by atoms with van der Waals surface area (Å²) in [5, 5.41) is 10.1. The molecule has 3 aromatic heterocycles. The highest BCUT2D eigenvalue weighted by atomic mass is 19.4. The van der Waals surface area contributed by atoms with Crippen LogP contribution >= 0.6 is 0 Å². The number of hydrogen-bond donors (Lipinski definition) is 2. The molecule has 0 radical (unpaired) electrons. The molecule has 1 fully saturated rings. The highest BCUT2D eigenvalue weighted by Crippen LogP contribution is 2.35. The van der Waals surface area contributed by atoms with Crippen molar-refractivity contribution in [3.05, 3.63) is 94.8 Å². The predicted octanol–water partition coefficient (Wildman–Crippen LogP) is 4.91. The number of pyridine rings is 2. The summed E-state index contributed by atoms with van der Waals surface area (Å²) in [6.07, 6.45) is 5.16. The van der Waals surface area contributed by atoms with E-state index in [4.69, 9.17) is 0 Å². The van der Waals surface area contributed by atoms with E-state index in [0.29, 0.717) is 23.1 Å². The van der Waals surface area contributed by atoms with Crippen LogP contribution < -0.4 is 15.5 Å². The quantitative estimate of drug-likeness (QED) is 0.403. The molecule has 1 amide bonds. The zero-order valence-electron chi connectivity index (χ0n) is 24.6. The Morgan fingerprint density at radius 3 is 2.58 bits per heavy atom. The number of carbonyl (C=O) groups is 1. The van der Waals surface area contributed by atoms with Crippen molar-refractivity contribution in [2.75, 3.05) is 43.4 Å². The monoisotopic (exact) mass is 592 g/mol. The van der Waals surface area contributed by atoms with Gasteiger partial charge in [-0.2, -0.15) is 22.8 Å². The van der Waals surface area contributed by atoms with Crippen LogP contribution in [0.2, 0.25) is 0 Å². The first-order chi connectivity index (χ1) is 20.5. The molecule has 2 aliphatic rings. The van der Waals surface area contributed by atoms with E-state index in [1.54, 1.807) is 26.4 Å². The predicted molar refractivity (Wildman–Crippen MR) is 161 cm³/mol. The van der Waals surface area contributed by atoms with Gasteiger partial charge in [-0.1, -0.05) is 23.8 Å². The van der Waals surface area contributed by atoms with Crippen molar-refractivity contribution in [3.63, 3.8) is 0 Å². The summed E-state index contributed by atoms with van der Waals surface area (Å²) in [6, 6.07) is 8.29. The van der Waals surface area contributed by atoms with Crippen molar-refractivity contribution in [3.8, 4) is 0 Å². The first kappa shape index (κ1) is 29.9. The third kappa shape index (κ3) is 6.58. The molecule has 5 rings (SSSR count). The molecule has 4 heterocycles. The Labute approximate surface area is 248 Å². The third-order valence-electron chi connectivity index (χ3n) is 7.62. The van der Waals surface area contributed by atoms with Crippen LogP contribution in [0.15, 0.2) is 83.4 Å². The number of amides is 1. The largest absolute Gasteiger partial charge is 0.435 e. The second-order valence-electron chi connectivity index (χ2n) is 10.7. The minimum Gasteiger partial charge on any atom is -0.377 e. The fraction of sp³-hybridized carbons (Fsp3) is 0.355. The maximum atomic E-state index is 13.8. The average molecular weight is 593 g/mol. The Hall–Kier alpha value is -4.61. The number of piperazine rings is 1. The zero-order chi connectivity index (χ0) is 30.7. The molecule has 2 N–H and O–H groups in total. The summed E-state index contributed by atoms with van der Waals surface area (Å²) in [6.45, 7) is 8.24. The lowest BCUT2D eigenvalue weighted by atomic mass is 9.94. The van der Waals surface area contributed by atoms with E-state index in [0.717, 1.165) is 43.2 Å². The SMILES string of the molecule is CNC(=O)C1=CCC(C)=CC(C(C)Nc2ccc(C)nc2C(F)(F)F)=C1/C=C/N1CCN(c2cccc3ncnn23)CC1. The minimum absolute atomic E-state index is 0.110. The van der Waals surface area contributed by atoms with Gasteiger partial charge in [0.15, 0.2) is 11.3 Å². The molecule has 0 spiro atoms. The number of nitrogens with zero attached hydrogens (tertiary/aromatic N) is 6. The number of aromatic nitrogens is 4. The first-order valence-corrected chi connectivity index (χ1v) is 14.2. The second-order valence-corrected chi connectivity index (χ2v) is 10.7. The van der Waals surface area contributed by atoms with E-state index >= 15 is 0 Å². The fourth-order valence-corrected chi connectivity index (χ4v) is 5.38. The Balaban J connectivity index is 1.43. The van der Waals surface area contributed by atoms with E-state index < -0.39 is 17.9 Å². The van der Waals surface area contributed by atoms with E-state index in [9.17, 15) is 18.0 Å². The number of anilines is 2. The van der Waals surface area contributed by atoms with Crippen LogP contribution in [-0.2, 0) is 11.0 Å². The Morgan fingerprint density at radius 2 is 1.86 bits per heavy atom. The number of likely N-dealkylation sites (N-methyl/N-ethyl adjacent to an activating group) is 1. The maximum Gasteiger partial charge on any atom is 0.435 e. The van der Waals surface area contributed by atoms with Crippen molar-refractivity contribution in [1.29, 1.82) is 0 Å². The molecular formula is C31H35F3N8O. The molecule has 1 aliphatic carbocycles. The van der Waals surface area contributed by atoms with Gasteiger partial charge in [-0.3, -0.25) is 4.79 Å². The Bertz CT molecular complexity index is 1630. The van der Waals surface area contributed by atoms with Crippen LogP contribution in [-0.4, -0.2) is 69.7 Å². The summed E-state index contributed by atoms with van der Waals surface area (Å²) in [4.78, 5) is 25.5. The molecule has 0 aromatic carbocycles. The number of rotatable bonds is 7. The second kappa shape index (κ2) is 12.3. The molecule has 1 saturated heterocycles. The number of alkyl halides is 3. The van der Waals surface area contributed by atoms with Crippen LogP contribution in [0, 0.1) is 6.92 Å². The number of carbonyl (C=O) groups excluding carboxylic acids is 1. The first-order valence-electron chi connectivity index (χ1n) is 14.2. The lowest BCUT2D eigenvalue weighted by Gasteiger charge is -2.35. The molecule has 9 nitrogen and oxygen atoms in total. The molecule has 1 unspecified atom stereocenters. The van der Waals surface area contributed by atoms with Gasteiger partial charge in [0.2, 0.25) is 0 Å². The van der Waals surface area contributed by atoms with Gasteiger partial charge in [-0.05, 0) is 74.9 Å². The molecule has 12 heteroatoms. The zero-order valence-corrected chi connectivity index (χ0v) is 24.6. The van der Waals surface area contributed by atoms with Crippen LogP contribution in [0.25, 0.3) is 5.65 Å². The minimum atomic E-state index is -4.62. The van der Waals surface area contributed by atoms with Crippen molar-refractivity contribution in [2.45, 2.75) is 39.4 Å². The number of allylic oxidation sites excluding steroid dienone is 3. The van der Waals surface area contributed by atoms with E-state index in [1.165, 1.54) is 13.0 Å². The summed E-state index contributed by atoms with van der Waals surface area (Å²) in [5.74, 6) is 0.716. The van der Waals surface area contributed by atoms with Gasteiger partial charge in [0.1, 0.15) is 12.1 Å². The maximum absolute atomic E-state index is 13.8.